The van der Waals surface area contributed by atoms with Crippen LogP contribution in [0.4, 0.5) is 16.8 Å². The van der Waals surface area contributed by atoms with Crippen molar-refractivity contribution in [3.8, 4) is 10.4 Å². The summed E-state index contributed by atoms with van der Waals surface area (Å²) in [5.74, 6) is 1.18. The average Bonchev–Trinajstić information content (AvgIpc) is 3.27. The Kier molecular flexibility index (Phi) is 5.61. The van der Waals surface area contributed by atoms with E-state index in [-0.39, 0.29) is 5.91 Å². The lowest BCUT2D eigenvalue weighted by Gasteiger charge is -2.44. The van der Waals surface area contributed by atoms with E-state index in [0.717, 1.165) is 45.4 Å². The van der Waals surface area contributed by atoms with Gasteiger partial charge in [-0.05, 0) is 38.4 Å². The standard InChI is InChI=1S/C23H24N8OS/c1-24-23-27-11-19(33-23)17-8-15-9-20(29-22(32)14-4-6-25-7-5-14)26-10-18(15)28-21(17)31-12-16(13-31)30(2)3/h4-11,16H,12-13H2,1-3H3,(H,24,27)(H,26,29,32). The van der Waals surface area contributed by atoms with Crippen LogP contribution in [-0.2, 0) is 0 Å². The van der Waals surface area contributed by atoms with E-state index in [1.54, 1.807) is 42.1 Å². The number of aromatic nitrogens is 4. The van der Waals surface area contributed by atoms with E-state index in [0.29, 0.717) is 17.4 Å². The first kappa shape index (κ1) is 21.2. The van der Waals surface area contributed by atoms with Crippen LogP contribution in [0.2, 0.25) is 0 Å². The van der Waals surface area contributed by atoms with Crippen LogP contribution < -0.4 is 15.5 Å². The molecule has 33 heavy (non-hydrogen) atoms. The highest BCUT2D eigenvalue weighted by Gasteiger charge is 2.31. The number of carbonyl (C=O) groups is 1. The third kappa shape index (κ3) is 4.22. The Morgan fingerprint density at radius 1 is 1.15 bits per heavy atom. The van der Waals surface area contributed by atoms with E-state index in [4.69, 9.17) is 4.98 Å². The molecule has 5 rings (SSSR count). The Morgan fingerprint density at radius 3 is 2.64 bits per heavy atom. The zero-order chi connectivity index (χ0) is 22.9. The predicted octanol–water partition coefficient (Wildman–Crippen LogP) is 3.19. The number of nitrogens with one attached hydrogen (secondary N) is 2. The van der Waals surface area contributed by atoms with Gasteiger partial charge in [-0.2, -0.15) is 0 Å². The van der Waals surface area contributed by atoms with Crippen LogP contribution in [0, 0.1) is 0 Å². The van der Waals surface area contributed by atoms with Crippen molar-refractivity contribution in [2.24, 2.45) is 0 Å². The fraction of sp³-hybridized carbons (Fsp3) is 0.261. The molecule has 168 valence electrons. The molecule has 4 aromatic rings. The lowest BCUT2D eigenvalue weighted by molar-refractivity contribution is 0.102. The first-order chi connectivity index (χ1) is 16.0. The zero-order valence-corrected chi connectivity index (χ0v) is 19.4. The van der Waals surface area contributed by atoms with E-state index in [9.17, 15) is 4.79 Å². The van der Waals surface area contributed by atoms with Gasteiger partial charge in [0, 0.05) is 61.3 Å². The first-order valence-electron chi connectivity index (χ1n) is 10.6. The predicted molar refractivity (Wildman–Crippen MR) is 132 cm³/mol. The summed E-state index contributed by atoms with van der Waals surface area (Å²) in [6.45, 7) is 1.84. The number of carbonyl (C=O) groups excluding carboxylic acids is 1. The van der Waals surface area contributed by atoms with Crippen molar-refractivity contribution < 1.29 is 4.79 Å². The van der Waals surface area contributed by atoms with Gasteiger partial charge in [-0.1, -0.05) is 11.3 Å². The fourth-order valence-electron chi connectivity index (χ4n) is 3.72. The first-order valence-corrected chi connectivity index (χ1v) is 11.4. The molecule has 0 aliphatic carbocycles. The number of thiazole rings is 1. The average molecular weight is 461 g/mol. The molecule has 4 aromatic heterocycles. The van der Waals surface area contributed by atoms with Crippen molar-refractivity contribution in [3.63, 3.8) is 0 Å². The minimum Gasteiger partial charge on any atom is -0.365 e. The second-order valence-electron chi connectivity index (χ2n) is 8.11. The summed E-state index contributed by atoms with van der Waals surface area (Å²) in [4.78, 5) is 35.9. The summed E-state index contributed by atoms with van der Waals surface area (Å²) in [6, 6.07) is 7.80. The molecule has 2 N–H and O–H groups in total. The van der Waals surface area contributed by atoms with Crippen LogP contribution in [0.15, 0.2) is 49.1 Å². The second-order valence-corrected chi connectivity index (χ2v) is 9.14. The van der Waals surface area contributed by atoms with E-state index in [1.807, 2.05) is 19.3 Å². The second kappa shape index (κ2) is 8.72. The number of rotatable bonds is 6. The summed E-state index contributed by atoms with van der Waals surface area (Å²) in [5, 5.41) is 7.72. The van der Waals surface area contributed by atoms with Gasteiger partial charge < -0.3 is 20.4 Å². The van der Waals surface area contributed by atoms with Crippen molar-refractivity contribution in [1.82, 2.24) is 24.8 Å². The molecule has 1 aliphatic heterocycles. The summed E-state index contributed by atoms with van der Waals surface area (Å²) in [5.41, 5.74) is 2.33. The summed E-state index contributed by atoms with van der Waals surface area (Å²) >= 11 is 1.59. The Labute approximate surface area is 195 Å². The number of likely N-dealkylation sites (N-methyl/N-ethyl adjacent to an activating group) is 1. The monoisotopic (exact) mass is 460 g/mol. The van der Waals surface area contributed by atoms with Gasteiger partial charge in [-0.25, -0.2) is 15.0 Å². The third-order valence-corrected chi connectivity index (χ3v) is 6.79. The van der Waals surface area contributed by atoms with Gasteiger partial charge in [0.05, 0.1) is 16.6 Å². The molecule has 0 saturated carbocycles. The third-order valence-electron chi connectivity index (χ3n) is 5.74. The molecular weight excluding hydrogens is 436 g/mol. The quantitative estimate of drug-likeness (QED) is 0.453. The van der Waals surface area contributed by atoms with E-state index >= 15 is 0 Å². The normalized spacial score (nSPS) is 13.9. The van der Waals surface area contributed by atoms with Gasteiger partial charge in [0.25, 0.3) is 5.91 Å². The van der Waals surface area contributed by atoms with Crippen LogP contribution in [-0.4, -0.2) is 71.0 Å². The van der Waals surface area contributed by atoms with Crippen LogP contribution >= 0.6 is 11.3 Å². The summed E-state index contributed by atoms with van der Waals surface area (Å²) in [6.07, 6.45) is 6.76. The molecule has 1 amide bonds. The molecule has 1 fully saturated rings. The van der Waals surface area contributed by atoms with Crippen LogP contribution in [0.3, 0.4) is 0 Å². The molecule has 9 nitrogen and oxygen atoms in total. The lowest BCUT2D eigenvalue weighted by Crippen LogP contribution is -2.57. The topological polar surface area (TPSA) is 99.2 Å². The molecular formula is C23H24N8OS. The maximum Gasteiger partial charge on any atom is 0.256 e. The van der Waals surface area contributed by atoms with Gasteiger partial charge in [-0.3, -0.25) is 9.78 Å². The van der Waals surface area contributed by atoms with Crippen LogP contribution in [0.25, 0.3) is 21.3 Å². The highest BCUT2D eigenvalue weighted by atomic mass is 32.1. The van der Waals surface area contributed by atoms with Gasteiger partial charge in [0.15, 0.2) is 5.13 Å². The number of hydrogen-bond donors (Lipinski definition) is 2. The molecule has 5 heterocycles. The number of anilines is 3. The van der Waals surface area contributed by atoms with Crippen molar-refractivity contribution in [2.45, 2.75) is 6.04 Å². The van der Waals surface area contributed by atoms with Crippen molar-refractivity contribution in [1.29, 1.82) is 0 Å². The minimum atomic E-state index is -0.231. The van der Waals surface area contributed by atoms with Crippen LogP contribution in [0.5, 0.6) is 0 Å². The van der Waals surface area contributed by atoms with Crippen LogP contribution in [0.1, 0.15) is 10.4 Å². The Hall–Kier alpha value is -3.63. The van der Waals surface area contributed by atoms with Gasteiger partial charge in [0.1, 0.15) is 11.6 Å². The van der Waals surface area contributed by atoms with Crippen molar-refractivity contribution in [2.75, 3.05) is 49.8 Å². The Morgan fingerprint density at radius 2 is 1.94 bits per heavy atom. The summed E-state index contributed by atoms with van der Waals surface area (Å²) in [7, 11) is 6.07. The van der Waals surface area contributed by atoms with E-state index in [1.165, 1.54) is 0 Å². The maximum atomic E-state index is 12.5. The molecule has 10 heteroatoms. The lowest BCUT2D eigenvalue weighted by atomic mass is 10.1. The molecule has 0 radical (unpaired) electrons. The summed E-state index contributed by atoms with van der Waals surface area (Å²) < 4.78 is 0. The zero-order valence-electron chi connectivity index (χ0n) is 18.6. The number of nitrogens with zero attached hydrogens (tertiary/aromatic N) is 6. The Balaban J connectivity index is 1.51. The van der Waals surface area contributed by atoms with E-state index in [2.05, 4.69) is 55.5 Å². The SMILES string of the molecule is CNc1ncc(-c2cc3cc(NC(=O)c4ccncc4)ncc3nc2N2CC(N(C)C)C2)s1. The molecule has 1 saturated heterocycles. The molecule has 1 aliphatic rings. The smallest absolute Gasteiger partial charge is 0.256 e. The molecule has 0 unspecified atom stereocenters. The van der Waals surface area contributed by atoms with E-state index < -0.39 is 0 Å². The largest absolute Gasteiger partial charge is 0.365 e. The minimum absolute atomic E-state index is 0.231. The van der Waals surface area contributed by atoms with Gasteiger partial charge >= 0.3 is 0 Å². The van der Waals surface area contributed by atoms with Crippen molar-refractivity contribution >= 4 is 44.9 Å². The molecule has 0 atom stereocenters. The maximum absolute atomic E-state index is 12.5. The molecule has 0 bridgehead atoms. The van der Waals surface area contributed by atoms with Gasteiger partial charge in [-0.15, -0.1) is 0 Å². The van der Waals surface area contributed by atoms with Gasteiger partial charge in [0.2, 0.25) is 0 Å². The number of amides is 1. The number of fused-ring (bicyclic) bond motifs is 1. The van der Waals surface area contributed by atoms with Crippen molar-refractivity contribution in [3.05, 3.63) is 54.6 Å². The highest BCUT2D eigenvalue weighted by Crippen LogP contribution is 2.38. The Bertz CT molecular complexity index is 1300. The molecule has 0 aromatic carbocycles. The fourth-order valence-corrected chi connectivity index (χ4v) is 4.50. The highest BCUT2D eigenvalue weighted by molar-refractivity contribution is 7.18. The number of hydrogen-bond acceptors (Lipinski definition) is 9. The molecule has 0 spiro atoms. The number of pyridine rings is 3.